The highest BCUT2D eigenvalue weighted by atomic mass is 19.3. The lowest BCUT2D eigenvalue weighted by Gasteiger charge is -2.32. The SMILES string of the molecule is CCC(F)(F)C1COC1. The highest BCUT2D eigenvalue weighted by molar-refractivity contribution is 4.80. The molecule has 54 valence electrons. The maximum absolute atomic E-state index is 12.5. The zero-order chi connectivity index (χ0) is 6.91. The standard InChI is InChI=1S/C6H10F2O/c1-2-6(7,8)5-3-9-4-5/h5H,2-4H2,1H3. The van der Waals surface area contributed by atoms with Gasteiger partial charge in [0.05, 0.1) is 19.1 Å². The van der Waals surface area contributed by atoms with Crippen molar-refractivity contribution in [1.29, 1.82) is 0 Å². The third-order valence-corrected chi connectivity index (χ3v) is 1.71. The van der Waals surface area contributed by atoms with E-state index >= 15 is 0 Å². The second kappa shape index (κ2) is 2.21. The molecule has 0 aromatic carbocycles. The second-order valence-electron chi connectivity index (χ2n) is 2.35. The van der Waals surface area contributed by atoms with Crippen LogP contribution in [0.3, 0.4) is 0 Å². The highest BCUT2D eigenvalue weighted by Gasteiger charge is 2.42. The summed E-state index contributed by atoms with van der Waals surface area (Å²) >= 11 is 0. The molecule has 1 rings (SSSR count). The van der Waals surface area contributed by atoms with Gasteiger partial charge < -0.3 is 4.74 Å². The smallest absolute Gasteiger partial charge is 0.255 e. The topological polar surface area (TPSA) is 9.23 Å². The largest absolute Gasteiger partial charge is 0.380 e. The molecule has 0 spiro atoms. The number of alkyl halides is 2. The van der Waals surface area contributed by atoms with E-state index in [1.807, 2.05) is 0 Å². The zero-order valence-electron chi connectivity index (χ0n) is 5.36. The Morgan fingerprint density at radius 1 is 1.56 bits per heavy atom. The summed E-state index contributed by atoms with van der Waals surface area (Å²) in [6, 6.07) is 0. The minimum absolute atomic E-state index is 0.0684. The minimum atomic E-state index is -2.49. The van der Waals surface area contributed by atoms with Crippen molar-refractivity contribution in [2.45, 2.75) is 19.3 Å². The molecular formula is C6H10F2O. The van der Waals surface area contributed by atoms with Crippen LogP contribution in [0.1, 0.15) is 13.3 Å². The van der Waals surface area contributed by atoms with Gasteiger partial charge in [0, 0.05) is 6.42 Å². The summed E-state index contributed by atoms with van der Waals surface area (Å²) in [5.41, 5.74) is 0. The maximum Gasteiger partial charge on any atom is 0.255 e. The lowest BCUT2D eigenvalue weighted by Crippen LogP contribution is -2.42. The maximum atomic E-state index is 12.5. The molecule has 0 aromatic heterocycles. The molecule has 1 aliphatic rings. The summed E-state index contributed by atoms with van der Waals surface area (Å²) in [6.07, 6.45) is -0.0684. The van der Waals surface area contributed by atoms with Gasteiger partial charge >= 0.3 is 0 Å². The quantitative estimate of drug-likeness (QED) is 0.561. The van der Waals surface area contributed by atoms with Crippen molar-refractivity contribution in [3.63, 3.8) is 0 Å². The van der Waals surface area contributed by atoms with Gasteiger partial charge in [0.25, 0.3) is 5.92 Å². The Morgan fingerprint density at radius 3 is 2.22 bits per heavy atom. The molecule has 0 aromatic rings. The fourth-order valence-electron chi connectivity index (χ4n) is 0.768. The Morgan fingerprint density at radius 2 is 2.11 bits per heavy atom. The van der Waals surface area contributed by atoms with Crippen LogP contribution >= 0.6 is 0 Å². The number of ether oxygens (including phenoxy) is 1. The van der Waals surface area contributed by atoms with E-state index in [0.29, 0.717) is 0 Å². The van der Waals surface area contributed by atoms with Crippen LogP contribution < -0.4 is 0 Å². The van der Waals surface area contributed by atoms with Crippen LogP contribution in [0.4, 0.5) is 8.78 Å². The Balaban J connectivity index is 2.37. The Hall–Kier alpha value is -0.180. The molecule has 1 aliphatic heterocycles. The average Bonchev–Trinajstić information content (AvgIpc) is 1.60. The fraction of sp³-hybridized carbons (Fsp3) is 1.00. The summed E-state index contributed by atoms with van der Waals surface area (Å²) in [5, 5.41) is 0. The van der Waals surface area contributed by atoms with E-state index in [-0.39, 0.29) is 19.6 Å². The zero-order valence-corrected chi connectivity index (χ0v) is 5.36. The first-order valence-electron chi connectivity index (χ1n) is 3.12. The van der Waals surface area contributed by atoms with Crippen LogP contribution in [0.15, 0.2) is 0 Å². The molecule has 0 unspecified atom stereocenters. The van der Waals surface area contributed by atoms with Crippen LogP contribution in [0.5, 0.6) is 0 Å². The fourth-order valence-corrected chi connectivity index (χ4v) is 0.768. The predicted molar refractivity (Wildman–Crippen MR) is 29.5 cm³/mol. The van der Waals surface area contributed by atoms with Gasteiger partial charge in [-0.1, -0.05) is 6.92 Å². The van der Waals surface area contributed by atoms with Gasteiger partial charge in [-0.25, -0.2) is 8.78 Å². The van der Waals surface area contributed by atoms with Crippen LogP contribution in [0.25, 0.3) is 0 Å². The molecule has 0 N–H and O–H groups in total. The monoisotopic (exact) mass is 136 g/mol. The third kappa shape index (κ3) is 1.21. The predicted octanol–water partition coefficient (Wildman–Crippen LogP) is 1.68. The van der Waals surface area contributed by atoms with Crippen molar-refractivity contribution in [1.82, 2.24) is 0 Å². The summed E-state index contributed by atoms with van der Waals surface area (Å²) < 4.78 is 29.7. The summed E-state index contributed by atoms with van der Waals surface area (Å²) in [4.78, 5) is 0. The second-order valence-corrected chi connectivity index (χ2v) is 2.35. The van der Waals surface area contributed by atoms with Crippen LogP contribution in [-0.2, 0) is 4.74 Å². The van der Waals surface area contributed by atoms with E-state index in [0.717, 1.165) is 0 Å². The lowest BCUT2D eigenvalue weighted by atomic mass is 9.98. The van der Waals surface area contributed by atoms with Gasteiger partial charge in [-0.05, 0) is 0 Å². The van der Waals surface area contributed by atoms with E-state index in [2.05, 4.69) is 4.74 Å². The van der Waals surface area contributed by atoms with Crippen LogP contribution in [0, 0.1) is 5.92 Å². The lowest BCUT2D eigenvalue weighted by molar-refractivity contribution is -0.170. The molecule has 1 heterocycles. The van der Waals surface area contributed by atoms with E-state index in [9.17, 15) is 8.78 Å². The Labute approximate surface area is 53.0 Å². The first-order chi connectivity index (χ1) is 4.17. The van der Waals surface area contributed by atoms with E-state index in [1.165, 1.54) is 6.92 Å². The molecule has 0 atom stereocenters. The Kier molecular flexibility index (Phi) is 1.70. The molecule has 0 saturated carbocycles. The van der Waals surface area contributed by atoms with Gasteiger partial charge in [-0.2, -0.15) is 0 Å². The van der Waals surface area contributed by atoms with Gasteiger partial charge in [0.2, 0.25) is 0 Å². The minimum Gasteiger partial charge on any atom is -0.380 e. The van der Waals surface area contributed by atoms with Crippen molar-refractivity contribution in [3.8, 4) is 0 Å². The number of hydrogen-bond acceptors (Lipinski definition) is 1. The normalized spacial score (nSPS) is 21.7. The van der Waals surface area contributed by atoms with Crippen molar-refractivity contribution in [3.05, 3.63) is 0 Å². The van der Waals surface area contributed by atoms with Crippen molar-refractivity contribution < 1.29 is 13.5 Å². The summed E-state index contributed by atoms with van der Waals surface area (Å²) in [6.45, 7) is 1.97. The van der Waals surface area contributed by atoms with E-state index in [1.54, 1.807) is 0 Å². The van der Waals surface area contributed by atoms with Gasteiger partial charge in [-0.3, -0.25) is 0 Å². The molecule has 0 bridgehead atoms. The third-order valence-electron chi connectivity index (χ3n) is 1.71. The molecular weight excluding hydrogens is 126 g/mol. The molecule has 1 saturated heterocycles. The van der Waals surface area contributed by atoms with E-state index in [4.69, 9.17) is 0 Å². The Bertz CT molecular complexity index is 99.2. The summed E-state index contributed by atoms with van der Waals surface area (Å²) in [5.74, 6) is -3.00. The van der Waals surface area contributed by atoms with Gasteiger partial charge in [0.1, 0.15) is 0 Å². The van der Waals surface area contributed by atoms with Crippen molar-refractivity contribution in [2.75, 3.05) is 13.2 Å². The van der Waals surface area contributed by atoms with Crippen molar-refractivity contribution in [2.24, 2.45) is 5.92 Å². The van der Waals surface area contributed by atoms with Gasteiger partial charge in [0.15, 0.2) is 0 Å². The molecule has 0 amide bonds. The van der Waals surface area contributed by atoms with E-state index < -0.39 is 11.8 Å². The molecule has 0 radical (unpaired) electrons. The van der Waals surface area contributed by atoms with Gasteiger partial charge in [-0.15, -0.1) is 0 Å². The van der Waals surface area contributed by atoms with Crippen molar-refractivity contribution >= 4 is 0 Å². The molecule has 0 aliphatic carbocycles. The first kappa shape index (κ1) is 6.93. The summed E-state index contributed by atoms with van der Waals surface area (Å²) in [7, 11) is 0. The number of rotatable bonds is 2. The highest BCUT2D eigenvalue weighted by Crippen LogP contribution is 2.32. The number of halogens is 2. The van der Waals surface area contributed by atoms with Crippen LogP contribution in [-0.4, -0.2) is 19.1 Å². The van der Waals surface area contributed by atoms with Crippen LogP contribution in [0.2, 0.25) is 0 Å². The average molecular weight is 136 g/mol. The molecule has 1 fully saturated rings. The number of hydrogen-bond donors (Lipinski definition) is 0. The molecule has 9 heavy (non-hydrogen) atoms. The first-order valence-corrected chi connectivity index (χ1v) is 3.12. The molecule has 3 heteroatoms. The molecule has 1 nitrogen and oxygen atoms in total.